The normalized spacial score (nSPS) is 29.4. The van der Waals surface area contributed by atoms with Crippen LogP contribution in [0.1, 0.15) is 25.7 Å². The topological polar surface area (TPSA) is 65.9 Å². The molecule has 1 atom stereocenters. The zero-order valence-electron chi connectivity index (χ0n) is 10.5. The van der Waals surface area contributed by atoms with E-state index in [4.69, 9.17) is 9.84 Å². The molecule has 2 fully saturated rings. The minimum absolute atomic E-state index is 0.0793. The molecule has 1 heterocycles. The lowest BCUT2D eigenvalue weighted by Gasteiger charge is -2.27. The van der Waals surface area contributed by atoms with Gasteiger partial charge in [0.05, 0.1) is 6.61 Å². The monoisotopic (exact) mass is 241 g/mol. The lowest BCUT2D eigenvalue weighted by atomic mass is 9.84. The summed E-state index contributed by atoms with van der Waals surface area (Å²) in [5, 5.41) is 15.9. The van der Waals surface area contributed by atoms with Gasteiger partial charge in [0.2, 0.25) is 0 Å². The van der Waals surface area contributed by atoms with Crippen LogP contribution >= 0.6 is 0 Å². The van der Waals surface area contributed by atoms with Crippen molar-refractivity contribution in [3.8, 4) is 0 Å². The zero-order chi connectivity index (χ0) is 12.1. The summed E-state index contributed by atoms with van der Waals surface area (Å²) in [4.78, 5) is 4.21. The molecule has 5 nitrogen and oxygen atoms in total. The largest absolute Gasteiger partial charge is 0.396 e. The summed E-state index contributed by atoms with van der Waals surface area (Å²) < 4.78 is 5.46. The highest BCUT2D eigenvalue weighted by molar-refractivity contribution is 5.80. The Labute approximate surface area is 103 Å². The second-order valence-corrected chi connectivity index (χ2v) is 5.12. The van der Waals surface area contributed by atoms with Gasteiger partial charge in [0.25, 0.3) is 0 Å². The Balaban J connectivity index is 1.80. The molecule has 0 radical (unpaired) electrons. The highest BCUT2D eigenvalue weighted by atomic mass is 16.5. The lowest BCUT2D eigenvalue weighted by molar-refractivity contribution is 0.127. The first kappa shape index (κ1) is 12.6. The summed E-state index contributed by atoms with van der Waals surface area (Å²) in [6.07, 6.45) is 4.29. The SMILES string of the molecule is CN=C(NCC1(CCO)CCOC1)NC1CC1. The molecule has 1 saturated heterocycles. The fourth-order valence-corrected chi connectivity index (χ4v) is 2.20. The molecule has 0 spiro atoms. The molecule has 0 aromatic rings. The van der Waals surface area contributed by atoms with E-state index >= 15 is 0 Å². The van der Waals surface area contributed by atoms with Crippen molar-refractivity contribution in [3.63, 3.8) is 0 Å². The van der Waals surface area contributed by atoms with Crippen molar-refractivity contribution in [1.29, 1.82) is 0 Å². The number of aliphatic imine (C=N–C) groups is 1. The van der Waals surface area contributed by atoms with Gasteiger partial charge in [-0.25, -0.2) is 0 Å². The summed E-state index contributed by atoms with van der Waals surface area (Å²) in [6, 6.07) is 0.606. The van der Waals surface area contributed by atoms with E-state index in [1.165, 1.54) is 12.8 Å². The molecule has 5 heteroatoms. The number of aliphatic hydroxyl groups excluding tert-OH is 1. The fourth-order valence-electron chi connectivity index (χ4n) is 2.20. The van der Waals surface area contributed by atoms with Gasteiger partial charge in [0.1, 0.15) is 0 Å². The molecule has 1 aliphatic carbocycles. The lowest BCUT2D eigenvalue weighted by Crippen LogP contribution is -2.45. The van der Waals surface area contributed by atoms with E-state index in [0.717, 1.165) is 38.6 Å². The van der Waals surface area contributed by atoms with Crippen LogP contribution in [0, 0.1) is 5.41 Å². The molecule has 1 unspecified atom stereocenters. The van der Waals surface area contributed by atoms with E-state index < -0.39 is 0 Å². The third-order valence-corrected chi connectivity index (χ3v) is 3.60. The van der Waals surface area contributed by atoms with Crippen LogP contribution in [-0.4, -0.2) is 50.5 Å². The Morgan fingerprint density at radius 1 is 1.53 bits per heavy atom. The Kier molecular flexibility index (Phi) is 4.23. The summed E-state index contributed by atoms with van der Waals surface area (Å²) in [5.41, 5.74) is 0.0793. The van der Waals surface area contributed by atoms with Crippen LogP contribution in [-0.2, 0) is 4.74 Å². The van der Waals surface area contributed by atoms with E-state index in [9.17, 15) is 0 Å². The van der Waals surface area contributed by atoms with Crippen molar-refractivity contribution in [2.75, 3.05) is 33.4 Å². The van der Waals surface area contributed by atoms with E-state index in [1.54, 1.807) is 7.05 Å². The molecular weight excluding hydrogens is 218 g/mol. The van der Waals surface area contributed by atoms with Crippen molar-refractivity contribution >= 4 is 5.96 Å². The maximum absolute atomic E-state index is 9.14. The zero-order valence-corrected chi connectivity index (χ0v) is 10.5. The number of hydrogen-bond donors (Lipinski definition) is 3. The third-order valence-electron chi connectivity index (χ3n) is 3.60. The van der Waals surface area contributed by atoms with Crippen LogP contribution in [0.25, 0.3) is 0 Å². The van der Waals surface area contributed by atoms with Crippen molar-refractivity contribution < 1.29 is 9.84 Å². The van der Waals surface area contributed by atoms with Crippen LogP contribution in [0.4, 0.5) is 0 Å². The van der Waals surface area contributed by atoms with Gasteiger partial charge in [-0.1, -0.05) is 0 Å². The van der Waals surface area contributed by atoms with Gasteiger partial charge in [-0.15, -0.1) is 0 Å². The summed E-state index contributed by atoms with van der Waals surface area (Å²) in [7, 11) is 1.79. The van der Waals surface area contributed by atoms with Crippen LogP contribution in [0.3, 0.4) is 0 Å². The van der Waals surface area contributed by atoms with Crippen molar-refractivity contribution in [2.24, 2.45) is 10.4 Å². The Morgan fingerprint density at radius 2 is 2.35 bits per heavy atom. The average Bonchev–Trinajstić information content (AvgIpc) is 3.04. The first-order valence-electron chi connectivity index (χ1n) is 6.44. The van der Waals surface area contributed by atoms with Gasteiger partial charge < -0.3 is 20.5 Å². The quantitative estimate of drug-likeness (QED) is 0.472. The minimum atomic E-state index is 0.0793. The number of aliphatic hydroxyl groups is 1. The van der Waals surface area contributed by atoms with Crippen LogP contribution < -0.4 is 10.6 Å². The van der Waals surface area contributed by atoms with Crippen LogP contribution in [0.5, 0.6) is 0 Å². The predicted octanol–water partition coefficient (Wildman–Crippen LogP) is 0.103. The molecule has 98 valence electrons. The summed E-state index contributed by atoms with van der Waals surface area (Å²) in [5.74, 6) is 0.872. The maximum atomic E-state index is 9.14. The van der Waals surface area contributed by atoms with Gasteiger partial charge in [-0.2, -0.15) is 0 Å². The first-order chi connectivity index (χ1) is 8.28. The van der Waals surface area contributed by atoms with E-state index in [1.807, 2.05) is 0 Å². The number of ether oxygens (including phenoxy) is 1. The third kappa shape index (κ3) is 3.57. The first-order valence-corrected chi connectivity index (χ1v) is 6.44. The molecule has 17 heavy (non-hydrogen) atoms. The number of rotatable bonds is 5. The molecule has 3 N–H and O–H groups in total. The molecule has 2 rings (SSSR count). The Bertz CT molecular complexity index is 271. The summed E-state index contributed by atoms with van der Waals surface area (Å²) >= 11 is 0. The van der Waals surface area contributed by atoms with Crippen LogP contribution in [0.15, 0.2) is 4.99 Å². The molecule has 0 aromatic heterocycles. The van der Waals surface area contributed by atoms with E-state index in [2.05, 4.69) is 15.6 Å². The average molecular weight is 241 g/mol. The van der Waals surface area contributed by atoms with Crippen molar-refractivity contribution in [2.45, 2.75) is 31.7 Å². The second-order valence-electron chi connectivity index (χ2n) is 5.12. The second kappa shape index (κ2) is 5.69. The van der Waals surface area contributed by atoms with E-state index in [-0.39, 0.29) is 12.0 Å². The molecule has 1 saturated carbocycles. The van der Waals surface area contributed by atoms with Gasteiger partial charge in [0.15, 0.2) is 5.96 Å². The number of nitrogens with zero attached hydrogens (tertiary/aromatic N) is 1. The summed E-state index contributed by atoms with van der Waals surface area (Å²) in [6.45, 7) is 2.58. The Hall–Kier alpha value is -0.810. The van der Waals surface area contributed by atoms with Crippen molar-refractivity contribution in [1.82, 2.24) is 10.6 Å². The highest BCUT2D eigenvalue weighted by Crippen LogP contribution is 2.31. The molecule has 0 amide bonds. The van der Waals surface area contributed by atoms with Crippen LogP contribution in [0.2, 0.25) is 0 Å². The fraction of sp³-hybridized carbons (Fsp3) is 0.917. The van der Waals surface area contributed by atoms with Gasteiger partial charge in [-0.3, -0.25) is 4.99 Å². The van der Waals surface area contributed by atoms with E-state index in [0.29, 0.717) is 6.04 Å². The van der Waals surface area contributed by atoms with Gasteiger partial charge in [-0.05, 0) is 25.7 Å². The van der Waals surface area contributed by atoms with Gasteiger partial charge >= 0.3 is 0 Å². The molecule has 1 aliphatic heterocycles. The van der Waals surface area contributed by atoms with Crippen molar-refractivity contribution in [3.05, 3.63) is 0 Å². The number of guanidine groups is 1. The maximum Gasteiger partial charge on any atom is 0.191 e. The Morgan fingerprint density at radius 3 is 2.88 bits per heavy atom. The smallest absolute Gasteiger partial charge is 0.191 e. The number of nitrogens with one attached hydrogen (secondary N) is 2. The minimum Gasteiger partial charge on any atom is -0.396 e. The molecule has 0 aromatic carbocycles. The molecule has 2 aliphatic rings. The standard InChI is InChI=1S/C12H23N3O2/c1-13-11(15-10-2-3-10)14-8-12(4-6-16)5-7-17-9-12/h10,16H,2-9H2,1H3,(H2,13,14,15). The molecular formula is C12H23N3O2. The number of hydrogen-bond acceptors (Lipinski definition) is 3. The predicted molar refractivity (Wildman–Crippen MR) is 67.1 cm³/mol. The molecule has 0 bridgehead atoms. The highest BCUT2D eigenvalue weighted by Gasteiger charge is 2.34. The van der Waals surface area contributed by atoms with Gasteiger partial charge in [0, 0.05) is 38.3 Å².